The number of hydrogen-bond acceptors (Lipinski definition) is 5. The van der Waals surface area contributed by atoms with E-state index in [4.69, 9.17) is 9.47 Å². The number of hydrazone groups is 1. The molecule has 2 aromatic rings. The molecule has 1 aliphatic rings. The van der Waals surface area contributed by atoms with Gasteiger partial charge >= 0.3 is 0 Å². The van der Waals surface area contributed by atoms with Crippen molar-refractivity contribution in [2.45, 2.75) is 0 Å². The highest BCUT2D eigenvalue weighted by molar-refractivity contribution is 5.95. The van der Waals surface area contributed by atoms with E-state index >= 15 is 0 Å². The average Bonchev–Trinajstić information content (AvgIpc) is 2.96. The number of aromatic hydroxyl groups is 1. The van der Waals surface area contributed by atoms with E-state index in [9.17, 15) is 9.90 Å². The molecular weight excluding hydrogens is 272 g/mol. The van der Waals surface area contributed by atoms with E-state index in [0.29, 0.717) is 22.6 Å². The number of ether oxygens (including phenoxy) is 2. The Morgan fingerprint density at radius 1 is 1.19 bits per heavy atom. The summed E-state index contributed by atoms with van der Waals surface area (Å²) >= 11 is 0. The Morgan fingerprint density at radius 3 is 2.86 bits per heavy atom. The molecule has 0 aromatic heterocycles. The van der Waals surface area contributed by atoms with Crippen LogP contribution in [0, 0.1) is 0 Å². The zero-order valence-electron chi connectivity index (χ0n) is 10.9. The third-order valence-electron chi connectivity index (χ3n) is 2.94. The standard InChI is InChI=1S/C15H12N2O4/c18-12-4-2-1-3-11(12)8-16-17-15(19)10-5-6-13-14(7-10)21-9-20-13/h1-8,18H,9H2,(H,17,19)/b16-8-. The van der Waals surface area contributed by atoms with Gasteiger partial charge in [0, 0.05) is 11.1 Å². The minimum Gasteiger partial charge on any atom is -0.507 e. The number of carbonyl (C=O) groups is 1. The second-order valence-corrected chi connectivity index (χ2v) is 4.33. The first-order valence-electron chi connectivity index (χ1n) is 6.25. The van der Waals surface area contributed by atoms with Gasteiger partial charge < -0.3 is 14.6 Å². The smallest absolute Gasteiger partial charge is 0.271 e. The molecule has 0 fully saturated rings. The van der Waals surface area contributed by atoms with E-state index < -0.39 is 0 Å². The summed E-state index contributed by atoms with van der Waals surface area (Å²) in [5.74, 6) is 0.871. The van der Waals surface area contributed by atoms with Crippen LogP contribution in [-0.4, -0.2) is 24.0 Å². The predicted molar refractivity (Wildman–Crippen MR) is 75.7 cm³/mol. The van der Waals surface area contributed by atoms with E-state index in [-0.39, 0.29) is 18.4 Å². The van der Waals surface area contributed by atoms with Crippen LogP contribution in [-0.2, 0) is 0 Å². The summed E-state index contributed by atoms with van der Waals surface area (Å²) < 4.78 is 10.4. The molecule has 2 N–H and O–H groups in total. The maximum absolute atomic E-state index is 11.9. The quantitative estimate of drug-likeness (QED) is 0.666. The summed E-state index contributed by atoms with van der Waals surface area (Å²) in [7, 11) is 0. The van der Waals surface area contributed by atoms with Gasteiger partial charge in [-0.2, -0.15) is 5.10 Å². The minimum absolute atomic E-state index is 0.0959. The van der Waals surface area contributed by atoms with Gasteiger partial charge in [-0.3, -0.25) is 4.79 Å². The third-order valence-corrected chi connectivity index (χ3v) is 2.94. The molecule has 1 heterocycles. The molecule has 6 nitrogen and oxygen atoms in total. The van der Waals surface area contributed by atoms with E-state index in [1.165, 1.54) is 6.21 Å². The van der Waals surface area contributed by atoms with Gasteiger partial charge in [0.25, 0.3) is 5.91 Å². The molecule has 6 heteroatoms. The summed E-state index contributed by atoms with van der Waals surface area (Å²) in [6, 6.07) is 11.6. The van der Waals surface area contributed by atoms with Crippen LogP contribution in [0.15, 0.2) is 47.6 Å². The van der Waals surface area contributed by atoms with E-state index in [2.05, 4.69) is 10.5 Å². The number of carbonyl (C=O) groups excluding carboxylic acids is 1. The van der Waals surface area contributed by atoms with Crippen molar-refractivity contribution in [3.63, 3.8) is 0 Å². The van der Waals surface area contributed by atoms with Crippen molar-refractivity contribution in [2.24, 2.45) is 5.10 Å². The maximum Gasteiger partial charge on any atom is 0.271 e. The monoisotopic (exact) mass is 284 g/mol. The van der Waals surface area contributed by atoms with Gasteiger partial charge in [-0.1, -0.05) is 12.1 Å². The molecule has 1 aliphatic heterocycles. The summed E-state index contributed by atoms with van der Waals surface area (Å²) in [5, 5.41) is 13.4. The van der Waals surface area contributed by atoms with Crippen LogP contribution in [0.3, 0.4) is 0 Å². The van der Waals surface area contributed by atoms with Crippen LogP contribution in [0.5, 0.6) is 17.2 Å². The number of amides is 1. The fourth-order valence-corrected chi connectivity index (χ4v) is 1.86. The Balaban J connectivity index is 1.68. The highest BCUT2D eigenvalue weighted by Crippen LogP contribution is 2.32. The SMILES string of the molecule is O=C(N/N=C\c1ccccc1O)c1ccc2c(c1)OCO2. The molecule has 21 heavy (non-hydrogen) atoms. The number of phenols is 1. The van der Waals surface area contributed by atoms with Gasteiger partial charge in [0.05, 0.1) is 6.21 Å². The van der Waals surface area contributed by atoms with Crippen molar-refractivity contribution in [1.29, 1.82) is 0 Å². The fourth-order valence-electron chi connectivity index (χ4n) is 1.86. The largest absolute Gasteiger partial charge is 0.507 e. The van der Waals surface area contributed by atoms with E-state index in [1.54, 1.807) is 42.5 Å². The van der Waals surface area contributed by atoms with Crippen LogP contribution in [0.2, 0.25) is 0 Å². The number of nitrogens with zero attached hydrogens (tertiary/aromatic N) is 1. The maximum atomic E-state index is 11.9. The predicted octanol–water partition coefficient (Wildman–Crippen LogP) is 1.88. The molecule has 0 bridgehead atoms. The van der Waals surface area contributed by atoms with Crippen molar-refractivity contribution in [3.8, 4) is 17.2 Å². The topological polar surface area (TPSA) is 80.2 Å². The molecule has 2 aromatic carbocycles. The molecule has 0 radical (unpaired) electrons. The molecule has 0 spiro atoms. The zero-order valence-corrected chi connectivity index (χ0v) is 10.9. The molecule has 0 atom stereocenters. The summed E-state index contributed by atoms with van der Waals surface area (Å²) in [5.41, 5.74) is 3.32. The van der Waals surface area contributed by atoms with Crippen molar-refractivity contribution >= 4 is 12.1 Å². The Morgan fingerprint density at radius 2 is 2.00 bits per heavy atom. The van der Waals surface area contributed by atoms with E-state index in [1.807, 2.05) is 0 Å². The number of phenolic OH excluding ortho intramolecular Hbond substituents is 1. The lowest BCUT2D eigenvalue weighted by Gasteiger charge is -2.02. The Labute approximate surface area is 120 Å². The molecule has 0 unspecified atom stereocenters. The number of benzene rings is 2. The number of para-hydroxylation sites is 1. The molecular formula is C15H12N2O4. The van der Waals surface area contributed by atoms with Crippen molar-refractivity contribution in [2.75, 3.05) is 6.79 Å². The fraction of sp³-hybridized carbons (Fsp3) is 0.0667. The van der Waals surface area contributed by atoms with Crippen molar-refractivity contribution in [3.05, 3.63) is 53.6 Å². The molecule has 0 saturated heterocycles. The number of fused-ring (bicyclic) bond motifs is 1. The minimum atomic E-state index is -0.375. The Hall–Kier alpha value is -3.02. The van der Waals surface area contributed by atoms with Crippen LogP contribution in [0.1, 0.15) is 15.9 Å². The van der Waals surface area contributed by atoms with Gasteiger partial charge in [0.15, 0.2) is 11.5 Å². The summed E-state index contributed by atoms with van der Waals surface area (Å²) in [6.07, 6.45) is 1.38. The van der Waals surface area contributed by atoms with Gasteiger partial charge in [-0.25, -0.2) is 5.43 Å². The van der Waals surface area contributed by atoms with Gasteiger partial charge in [-0.05, 0) is 30.3 Å². The van der Waals surface area contributed by atoms with Gasteiger partial charge in [0.2, 0.25) is 6.79 Å². The molecule has 0 saturated carbocycles. The molecule has 106 valence electrons. The third kappa shape index (κ3) is 2.79. The summed E-state index contributed by atoms with van der Waals surface area (Å²) in [4.78, 5) is 11.9. The number of nitrogens with one attached hydrogen (secondary N) is 1. The molecule has 0 aliphatic carbocycles. The van der Waals surface area contributed by atoms with Crippen LogP contribution < -0.4 is 14.9 Å². The Kier molecular flexibility index (Phi) is 3.42. The van der Waals surface area contributed by atoms with Gasteiger partial charge in [-0.15, -0.1) is 0 Å². The first-order chi connectivity index (χ1) is 10.2. The summed E-state index contributed by atoms with van der Waals surface area (Å²) in [6.45, 7) is 0.159. The first kappa shape index (κ1) is 13.0. The van der Waals surface area contributed by atoms with Crippen molar-refractivity contribution < 1.29 is 19.4 Å². The van der Waals surface area contributed by atoms with Gasteiger partial charge in [0.1, 0.15) is 5.75 Å². The van der Waals surface area contributed by atoms with E-state index in [0.717, 1.165) is 0 Å². The number of hydrogen-bond donors (Lipinski definition) is 2. The molecule has 3 rings (SSSR count). The van der Waals surface area contributed by atoms with Crippen LogP contribution in [0.4, 0.5) is 0 Å². The molecule has 1 amide bonds. The average molecular weight is 284 g/mol. The lowest BCUT2D eigenvalue weighted by molar-refractivity contribution is 0.0954. The van der Waals surface area contributed by atoms with Crippen LogP contribution >= 0.6 is 0 Å². The number of rotatable bonds is 3. The first-order valence-corrected chi connectivity index (χ1v) is 6.25. The zero-order chi connectivity index (χ0) is 14.7. The highest BCUT2D eigenvalue weighted by atomic mass is 16.7. The normalized spacial score (nSPS) is 12.6. The van der Waals surface area contributed by atoms with Crippen molar-refractivity contribution in [1.82, 2.24) is 5.43 Å². The Bertz CT molecular complexity index is 713. The second-order valence-electron chi connectivity index (χ2n) is 4.33. The lowest BCUT2D eigenvalue weighted by atomic mass is 10.2. The lowest BCUT2D eigenvalue weighted by Crippen LogP contribution is -2.17. The van der Waals surface area contributed by atoms with Crippen LogP contribution in [0.25, 0.3) is 0 Å². The second kappa shape index (κ2) is 5.54. The highest BCUT2D eigenvalue weighted by Gasteiger charge is 2.15.